The van der Waals surface area contributed by atoms with Gasteiger partial charge in [0.05, 0.1) is 23.9 Å². The molecule has 0 saturated carbocycles. The van der Waals surface area contributed by atoms with Crippen molar-refractivity contribution < 1.29 is 19.1 Å². The first-order valence-electron chi connectivity index (χ1n) is 7.95. The number of benzene rings is 2. The van der Waals surface area contributed by atoms with Crippen molar-refractivity contribution in [1.82, 2.24) is 4.98 Å². The van der Waals surface area contributed by atoms with Crippen molar-refractivity contribution in [3.63, 3.8) is 0 Å². The Kier molecular flexibility index (Phi) is 5.47. The number of rotatable bonds is 5. The molecule has 0 aliphatic rings. The summed E-state index contributed by atoms with van der Waals surface area (Å²) in [6.45, 7) is 0. The largest absolute Gasteiger partial charge is 0.478 e. The second-order valence-corrected chi connectivity index (χ2v) is 6.25. The number of hydrogen-bond acceptors (Lipinski definition) is 3. The zero-order valence-corrected chi connectivity index (χ0v) is 14.7. The summed E-state index contributed by atoms with van der Waals surface area (Å²) in [7, 11) is 0. The molecule has 0 saturated heterocycles. The molecule has 0 unspecified atom stereocenters. The van der Waals surface area contributed by atoms with Crippen LogP contribution >= 0.6 is 11.6 Å². The van der Waals surface area contributed by atoms with E-state index in [2.05, 4.69) is 10.3 Å². The molecule has 0 aliphatic carbocycles. The summed E-state index contributed by atoms with van der Waals surface area (Å²) in [5.41, 5.74) is 2.09. The van der Waals surface area contributed by atoms with E-state index in [1.165, 1.54) is 30.5 Å². The first kappa shape index (κ1) is 18.5. The van der Waals surface area contributed by atoms with E-state index in [4.69, 9.17) is 11.6 Å². The lowest BCUT2D eigenvalue weighted by Crippen LogP contribution is -2.16. The number of halogens is 2. The van der Waals surface area contributed by atoms with Gasteiger partial charge in [0.15, 0.2) is 0 Å². The number of carbonyl (C=O) groups excluding carboxylic acids is 1. The Morgan fingerprint density at radius 1 is 1.07 bits per heavy atom. The van der Waals surface area contributed by atoms with Gasteiger partial charge in [-0.1, -0.05) is 35.9 Å². The topological polar surface area (TPSA) is 79.3 Å². The highest BCUT2D eigenvalue weighted by Crippen LogP contribution is 2.23. The average Bonchev–Trinajstić information content (AvgIpc) is 2.61. The Bertz CT molecular complexity index is 1020. The van der Waals surface area contributed by atoms with Crippen LogP contribution in [0.25, 0.3) is 11.1 Å². The van der Waals surface area contributed by atoms with E-state index in [9.17, 15) is 19.1 Å². The van der Waals surface area contributed by atoms with Gasteiger partial charge in [-0.3, -0.25) is 9.78 Å². The molecule has 136 valence electrons. The Hall–Kier alpha value is -3.25. The van der Waals surface area contributed by atoms with E-state index in [-0.39, 0.29) is 17.7 Å². The maximum atomic E-state index is 13.4. The van der Waals surface area contributed by atoms with Crippen molar-refractivity contribution in [3.05, 3.63) is 82.9 Å². The van der Waals surface area contributed by atoms with Crippen LogP contribution in [0.5, 0.6) is 0 Å². The van der Waals surface area contributed by atoms with Crippen LogP contribution in [0, 0.1) is 5.82 Å². The third-order valence-electron chi connectivity index (χ3n) is 3.82. The predicted octanol–water partition coefficient (Wildman–Crippen LogP) is 4.42. The number of nitrogens with zero attached hydrogens (tertiary/aromatic N) is 1. The fraction of sp³-hybridized carbons (Fsp3) is 0.0500. The van der Waals surface area contributed by atoms with Gasteiger partial charge in [0.1, 0.15) is 5.82 Å². The maximum Gasteiger partial charge on any atom is 0.337 e. The van der Waals surface area contributed by atoms with Gasteiger partial charge >= 0.3 is 5.97 Å². The van der Waals surface area contributed by atoms with Gasteiger partial charge in [-0.25, -0.2) is 9.18 Å². The van der Waals surface area contributed by atoms with Gasteiger partial charge in [-0.05, 0) is 35.4 Å². The summed E-state index contributed by atoms with van der Waals surface area (Å²) in [6, 6.07) is 12.6. The molecule has 1 heterocycles. The Balaban J connectivity index is 1.78. The molecule has 0 fully saturated rings. The minimum absolute atomic E-state index is 0.0160. The molecule has 2 N–H and O–H groups in total. The van der Waals surface area contributed by atoms with Crippen LogP contribution in [0.4, 0.5) is 10.1 Å². The Morgan fingerprint density at radius 2 is 1.89 bits per heavy atom. The van der Waals surface area contributed by atoms with Crippen LogP contribution < -0.4 is 5.32 Å². The highest BCUT2D eigenvalue weighted by Gasteiger charge is 2.14. The van der Waals surface area contributed by atoms with Gasteiger partial charge < -0.3 is 10.4 Å². The van der Waals surface area contributed by atoms with Crippen molar-refractivity contribution in [2.45, 2.75) is 6.42 Å². The van der Waals surface area contributed by atoms with Gasteiger partial charge in [-0.15, -0.1) is 0 Å². The van der Waals surface area contributed by atoms with Crippen LogP contribution in [0.15, 0.2) is 60.9 Å². The molecule has 5 nitrogen and oxygen atoms in total. The van der Waals surface area contributed by atoms with E-state index in [0.717, 1.165) is 11.8 Å². The molecule has 27 heavy (non-hydrogen) atoms. The highest BCUT2D eigenvalue weighted by atomic mass is 35.5. The third-order valence-corrected chi connectivity index (χ3v) is 4.05. The van der Waals surface area contributed by atoms with E-state index in [0.29, 0.717) is 16.1 Å². The number of amides is 1. The molecular weight excluding hydrogens is 371 g/mol. The zero-order chi connectivity index (χ0) is 19.4. The maximum absolute atomic E-state index is 13.4. The van der Waals surface area contributed by atoms with Gasteiger partial charge in [0.2, 0.25) is 5.91 Å². The standard InChI is InChI=1S/C20H14ClFN2O3/c21-15-4-5-17(20(26)27)18(9-15)24-19(25)7-12-2-1-3-13(6-12)14-8-16(22)11-23-10-14/h1-6,8-11H,7H2,(H,24,25)(H,26,27). The summed E-state index contributed by atoms with van der Waals surface area (Å²) < 4.78 is 13.4. The molecule has 3 rings (SSSR count). The zero-order valence-electron chi connectivity index (χ0n) is 13.9. The normalized spacial score (nSPS) is 10.4. The summed E-state index contributed by atoms with van der Waals surface area (Å²) >= 11 is 5.89. The number of aromatic carboxylic acids is 1. The SMILES string of the molecule is O=C(Cc1cccc(-c2cncc(F)c2)c1)Nc1cc(Cl)ccc1C(=O)O. The van der Waals surface area contributed by atoms with E-state index in [1.807, 2.05) is 0 Å². The van der Waals surface area contributed by atoms with Crippen molar-refractivity contribution in [2.24, 2.45) is 0 Å². The summed E-state index contributed by atoms with van der Waals surface area (Å²) in [6.07, 6.45) is 2.67. The minimum Gasteiger partial charge on any atom is -0.478 e. The number of anilines is 1. The van der Waals surface area contributed by atoms with Gasteiger partial charge in [-0.2, -0.15) is 0 Å². The molecule has 0 atom stereocenters. The highest BCUT2D eigenvalue weighted by molar-refractivity contribution is 6.31. The summed E-state index contributed by atoms with van der Waals surface area (Å²) in [5, 5.41) is 12.1. The lowest BCUT2D eigenvalue weighted by Gasteiger charge is -2.10. The fourth-order valence-corrected chi connectivity index (χ4v) is 2.79. The summed E-state index contributed by atoms with van der Waals surface area (Å²) in [4.78, 5) is 27.4. The van der Waals surface area contributed by atoms with Gasteiger partial charge in [0.25, 0.3) is 0 Å². The smallest absolute Gasteiger partial charge is 0.337 e. The van der Waals surface area contributed by atoms with Crippen LogP contribution in [0.2, 0.25) is 5.02 Å². The van der Waals surface area contributed by atoms with Gasteiger partial charge in [0, 0.05) is 16.8 Å². The fourth-order valence-electron chi connectivity index (χ4n) is 2.62. The number of carboxylic acid groups (broad SMARTS) is 1. The number of nitrogens with one attached hydrogen (secondary N) is 1. The lowest BCUT2D eigenvalue weighted by molar-refractivity contribution is -0.115. The van der Waals surface area contributed by atoms with Crippen LogP contribution in [0.3, 0.4) is 0 Å². The number of pyridine rings is 1. The quantitative estimate of drug-likeness (QED) is 0.682. The second-order valence-electron chi connectivity index (χ2n) is 5.81. The van der Waals surface area contributed by atoms with Crippen LogP contribution in [-0.4, -0.2) is 22.0 Å². The Labute approximate surface area is 159 Å². The van der Waals surface area contributed by atoms with Crippen LogP contribution in [0.1, 0.15) is 15.9 Å². The minimum atomic E-state index is -1.16. The number of carboxylic acids is 1. The first-order valence-corrected chi connectivity index (χ1v) is 8.33. The molecule has 0 spiro atoms. The van der Waals surface area contributed by atoms with Crippen molar-refractivity contribution >= 4 is 29.2 Å². The van der Waals surface area contributed by atoms with E-state index in [1.54, 1.807) is 24.3 Å². The number of hydrogen-bond donors (Lipinski definition) is 2. The summed E-state index contributed by atoms with van der Waals surface area (Å²) in [5.74, 6) is -2.00. The van der Waals surface area contributed by atoms with Crippen molar-refractivity contribution in [2.75, 3.05) is 5.32 Å². The molecule has 0 radical (unpaired) electrons. The molecule has 1 amide bonds. The third kappa shape index (κ3) is 4.68. The Morgan fingerprint density at radius 3 is 2.63 bits per heavy atom. The van der Waals surface area contributed by atoms with Crippen LogP contribution in [-0.2, 0) is 11.2 Å². The molecule has 3 aromatic rings. The molecule has 7 heteroatoms. The molecule has 2 aromatic carbocycles. The second kappa shape index (κ2) is 7.97. The predicted molar refractivity (Wildman–Crippen MR) is 100 cm³/mol. The molecule has 1 aromatic heterocycles. The van der Waals surface area contributed by atoms with E-state index < -0.39 is 17.7 Å². The average molecular weight is 385 g/mol. The van der Waals surface area contributed by atoms with Crippen molar-refractivity contribution in [3.8, 4) is 11.1 Å². The molecule has 0 aliphatic heterocycles. The number of aromatic nitrogens is 1. The molecular formula is C20H14ClFN2O3. The lowest BCUT2D eigenvalue weighted by atomic mass is 10.0. The first-order chi connectivity index (χ1) is 12.9. The number of carbonyl (C=O) groups is 2. The monoisotopic (exact) mass is 384 g/mol. The van der Waals surface area contributed by atoms with E-state index >= 15 is 0 Å². The molecule has 0 bridgehead atoms. The van der Waals surface area contributed by atoms with Crippen molar-refractivity contribution in [1.29, 1.82) is 0 Å².